The van der Waals surface area contributed by atoms with Crippen molar-refractivity contribution in [1.29, 1.82) is 0 Å². The van der Waals surface area contributed by atoms with E-state index in [0.29, 0.717) is 11.6 Å². The minimum Gasteiger partial charge on any atom is -0.508 e. The fourth-order valence-electron chi connectivity index (χ4n) is 3.16. The summed E-state index contributed by atoms with van der Waals surface area (Å²) in [7, 11) is 2.08. The van der Waals surface area contributed by atoms with Gasteiger partial charge in [0.25, 0.3) is 0 Å². The van der Waals surface area contributed by atoms with E-state index in [-0.39, 0.29) is 17.6 Å². The van der Waals surface area contributed by atoms with Crippen LogP contribution in [0.4, 0.5) is 4.39 Å². The van der Waals surface area contributed by atoms with Crippen LogP contribution in [0.3, 0.4) is 0 Å². The fraction of sp³-hybridized carbons (Fsp3) is 0.625. The Hall–Kier alpha value is -1.09. The van der Waals surface area contributed by atoms with Crippen LogP contribution in [0.15, 0.2) is 18.2 Å². The van der Waals surface area contributed by atoms with Crippen LogP contribution in [-0.2, 0) is 0 Å². The Bertz CT molecular complexity index is 435. The minimum absolute atomic E-state index is 0.0117. The molecule has 2 nitrogen and oxygen atoms in total. The van der Waals surface area contributed by atoms with Crippen LogP contribution in [-0.4, -0.2) is 23.1 Å². The molecule has 1 aromatic carbocycles. The first-order valence-electron chi connectivity index (χ1n) is 7.19. The number of rotatable bonds is 3. The van der Waals surface area contributed by atoms with Crippen LogP contribution in [0.2, 0.25) is 0 Å². The highest BCUT2D eigenvalue weighted by Crippen LogP contribution is 2.32. The SMILES string of the molecule is CC1CCCC(N(C)C(C)c2ccc(O)cc2F)C1. The van der Waals surface area contributed by atoms with Gasteiger partial charge in [0.05, 0.1) is 0 Å². The van der Waals surface area contributed by atoms with Crippen molar-refractivity contribution in [3.63, 3.8) is 0 Å². The van der Waals surface area contributed by atoms with Crippen molar-refractivity contribution in [1.82, 2.24) is 4.90 Å². The Morgan fingerprint density at radius 2 is 2.11 bits per heavy atom. The second kappa shape index (κ2) is 5.91. The van der Waals surface area contributed by atoms with Gasteiger partial charge in [-0.2, -0.15) is 0 Å². The van der Waals surface area contributed by atoms with Crippen molar-refractivity contribution in [2.24, 2.45) is 5.92 Å². The molecule has 1 fully saturated rings. The zero-order chi connectivity index (χ0) is 14.0. The molecule has 0 aromatic heterocycles. The minimum atomic E-state index is -0.316. The number of halogens is 1. The van der Waals surface area contributed by atoms with E-state index in [4.69, 9.17) is 0 Å². The number of hydrogen-bond acceptors (Lipinski definition) is 2. The maximum Gasteiger partial charge on any atom is 0.131 e. The van der Waals surface area contributed by atoms with Crippen LogP contribution in [0.5, 0.6) is 5.75 Å². The molecule has 2 rings (SSSR count). The normalized spacial score (nSPS) is 25.5. The van der Waals surface area contributed by atoms with Crippen molar-refractivity contribution in [3.05, 3.63) is 29.6 Å². The number of benzene rings is 1. The lowest BCUT2D eigenvalue weighted by atomic mass is 9.85. The third kappa shape index (κ3) is 3.27. The molecule has 19 heavy (non-hydrogen) atoms. The topological polar surface area (TPSA) is 23.5 Å². The first-order chi connectivity index (χ1) is 8.99. The Balaban J connectivity index is 2.11. The van der Waals surface area contributed by atoms with E-state index in [1.165, 1.54) is 31.7 Å². The second-order valence-electron chi connectivity index (χ2n) is 5.97. The molecule has 1 saturated carbocycles. The Kier molecular flexibility index (Phi) is 4.46. The third-order valence-corrected chi connectivity index (χ3v) is 4.53. The van der Waals surface area contributed by atoms with Gasteiger partial charge in [0.1, 0.15) is 11.6 Å². The molecular formula is C16H24FNO. The summed E-state index contributed by atoms with van der Waals surface area (Å²) in [5.41, 5.74) is 0.665. The molecule has 0 aliphatic heterocycles. The summed E-state index contributed by atoms with van der Waals surface area (Å²) in [5.74, 6) is 0.434. The van der Waals surface area contributed by atoms with Crippen LogP contribution < -0.4 is 0 Å². The molecule has 1 N–H and O–H groups in total. The molecule has 106 valence electrons. The monoisotopic (exact) mass is 265 g/mol. The van der Waals surface area contributed by atoms with Gasteiger partial charge in [-0.05, 0) is 38.8 Å². The van der Waals surface area contributed by atoms with Crippen LogP contribution in [0.25, 0.3) is 0 Å². The van der Waals surface area contributed by atoms with Crippen LogP contribution in [0.1, 0.15) is 51.1 Å². The van der Waals surface area contributed by atoms with Gasteiger partial charge in [-0.1, -0.05) is 25.8 Å². The first kappa shape index (κ1) is 14.3. The summed E-state index contributed by atoms with van der Waals surface area (Å²) in [6.45, 7) is 4.33. The molecule has 0 radical (unpaired) electrons. The summed E-state index contributed by atoms with van der Waals surface area (Å²) in [5, 5.41) is 9.29. The molecule has 3 atom stereocenters. The van der Waals surface area contributed by atoms with E-state index in [1.807, 2.05) is 6.92 Å². The highest BCUT2D eigenvalue weighted by atomic mass is 19.1. The summed E-state index contributed by atoms with van der Waals surface area (Å²) >= 11 is 0. The van der Waals surface area contributed by atoms with Gasteiger partial charge in [0, 0.05) is 23.7 Å². The number of phenolic OH excluding ortho intramolecular Hbond substituents is 1. The molecule has 0 bridgehead atoms. The van der Waals surface area contributed by atoms with E-state index >= 15 is 0 Å². The van der Waals surface area contributed by atoms with Gasteiger partial charge < -0.3 is 5.11 Å². The van der Waals surface area contributed by atoms with E-state index in [0.717, 1.165) is 5.92 Å². The van der Waals surface area contributed by atoms with Crippen molar-refractivity contribution >= 4 is 0 Å². The lowest BCUT2D eigenvalue weighted by molar-refractivity contribution is 0.124. The molecule has 3 unspecified atom stereocenters. The Labute approximate surface area is 115 Å². The zero-order valence-electron chi connectivity index (χ0n) is 12.1. The summed E-state index contributed by atoms with van der Waals surface area (Å²) < 4.78 is 13.9. The summed E-state index contributed by atoms with van der Waals surface area (Å²) in [6, 6.07) is 5.02. The third-order valence-electron chi connectivity index (χ3n) is 4.53. The zero-order valence-corrected chi connectivity index (χ0v) is 12.1. The highest BCUT2D eigenvalue weighted by molar-refractivity contribution is 5.29. The van der Waals surface area contributed by atoms with Crippen molar-refractivity contribution in [3.8, 4) is 5.75 Å². The molecular weight excluding hydrogens is 241 g/mol. The van der Waals surface area contributed by atoms with Gasteiger partial charge in [-0.3, -0.25) is 4.90 Å². The van der Waals surface area contributed by atoms with Crippen LogP contribution in [0, 0.1) is 11.7 Å². The van der Waals surface area contributed by atoms with E-state index in [9.17, 15) is 9.50 Å². The summed E-state index contributed by atoms with van der Waals surface area (Å²) in [6.07, 6.45) is 4.97. The quantitative estimate of drug-likeness (QED) is 0.889. The van der Waals surface area contributed by atoms with Gasteiger partial charge >= 0.3 is 0 Å². The second-order valence-corrected chi connectivity index (χ2v) is 5.97. The molecule has 1 aliphatic rings. The van der Waals surface area contributed by atoms with Gasteiger partial charge in [0.2, 0.25) is 0 Å². The van der Waals surface area contributed by atoms with Crippen molar-refractivity contribution in [2.45, 2.75) is 51.6 Å². The highest BCUT2D eigenvalue weighted by Gasteiger charge is 2.26. The lowest BCUT2D eigenvalue weighted by Gasteiger charge is -2.38. The van der Waals surface area contributed by atoms with Crippen molar-refractivity contribution in [2.75, 3.05) is 7.05 Å². The molecule has 1 aliphatic carbocycles. The van der Waals surface area contributed by atoms with Gasteiger partial charge in [0.15, 0.2) is 0 Å². The summed E-state index contributed by atoms with van der Waals surface area (Å²) in [4.78, 5) is 2.28. The standard InChI is InChI=1S/C16H24FNO/c1-11-5-4-6-13(9-11)18(3)12(2)15-8-7-14(19)10-16(15)17/h7-8,10-13,19H,4-6,9H2,1-3H3. The maximum absolute atomic E-state index is 13.9. The van der Waals surface area contributed by atoms with E-state index < -0.39 is 0 Å². The predicted octanol–water partition coefficient (Wildman–Crippen LogP) is 4.10. The number of nitrogens with zero attached hydrogens (tertiary/aromatic N) is 1. The van der Waals surface area contributed by atoms with E-state index in [2.05, 4.69) is 18.9 Å². The number of phenols is 1. The molecule has 3 heteroatoms. The number of aromatic hydroxyl groups is 1. The molecule has 0 heterocycles. The lowest BCUT2D eigenvalue weighted by Crippen LogP contribution is -2.37. The Morgan fingerprint density at radius 3 is 2.74 bits per heavy atom. The van der Waals surface area contributed by atoms with E-state index in [1.54, 1.807) is 12.1 Å². The van der Waals surface area contributed by atoms with Crippen molar-refractivity contribution < 1.29 is 9.50 Å². The number of hydrogen-bond donors (Lipinski definition) is 1. The molecule has 1 aromatic rings. The predicted molar refractivity (Wildman–Crippen MR) is 75.7 cm³/mol. The average molecular weight is 265 g/mol. The average Bonchev–Trinajstić information content (AvgIpc) is 2.37. The van der Waals surface area contributed by atoms with Gasteiger partial charge in [-0.15, -0.1) is 0 Å². The molecule has 0 spiro atoms. The van der Waals surface area contributed by atoms with Gasteiger partial charge in [-0.25, -0.2) is 4.39 Å². The smallest absolute Gasteiger partial charge is 0.131 e. The first-order valence-corrected chi connectivity index (χ1v) is 7.19. The maximum atomic E-state index is 13.9. The molecule has 0 saturated heterocycles. The largest absolute Gasteiger partial charge is 0.508 e. The Morgan fingerprint density at radius 1 is 1.37 bits per heavy atom. The van der Waals surface area contributed by atoms with Crippen LogP contribution >= 0.6 is 0 Å². The molecule has 0 amide bonds. The fourth-order valence-corrected chi connectivity index (χ4v) is 3.16.